The van der Waals surface area contributed by atoms with E-state index in [1.54, 1.807) is 0 Å². The molecule has 3 rings (SSSR count). The van der Waals surface area contributed by atoms with Crippen LogP contribution in [0, 0.1) is 6.92 Å². The average Bonchev–Trinajstić information content (AvgIpc) is 3.00. The summed E-state index contributed by atoms with van der Waals surface area (Å²) in [6, 6.07) is 10.3. The van der Waals surface area contributed by atoms with Gasteiger partial charge in [-0.1, -0.05) is 49.0 Å². The quantitative estimate of drug-likeness (QED) is 0.806. The minimum absolute atomic E-state index is 0.158. The van der Waals surface area contributed by atoms with E-state index in [1.165, 1.54) is 17.3 Å². The Morgan fingerprint density at radius 3 is 2.96 bits per heavy atom. The van der Waals surface area contributed by atoms with E-state index < -0.39 is 0 Å². The maximum atomic E-state index is 12.4. The molecule has 2 heterocycles. The molecule has 1 atom stereocenters. The molecule has 5 nitrogen and oxygen atoms in total. The molecular formula is C19H25N3O2S. The Kier molecular flexibility index (Phi) is 6.15. The Morgan fingerprint density at radius 1 is 1.40 bits per heavy atom. The molecule has 1 aromatic heterocycles. The van der Waals surface area contributed by atoms with Gasteiger partial charge in [-0.25, -0.2) is 4.98 Å². The number of aromatic amines is 1. The fourth-order valence-electron chi connectivity index (χ4n) is 2.91. The highest BCUT2D eigenvalue weighted by atomic mass is 32.2. The molecule has 25 heavy (non-hydrogen) atoms. The molecule has 0 radical (unpaired) electrons. The number of carbonyl (C=O) groups excluding carboxylic acids is 1. The van der Waals surface area contributed by atoms with Gasteiger partial charge in [0, 0.05) is 25.2 Å². The number of carbonyl (C=O) groups is 1. The maximum Gasteiger partial charge on any atom is 0.233 e. The predicted molar refractivity (Wildman–Crippen MR) is 99.9 cm³/mol. The lowest BCUT2D eigenvalue weighted by Crippen LogP contribution is -2.46. The predicted octanol–water partition coefficient (Wildman–Crippen LogP) is 3.04. The SMILES string of the molecule is CCC1CN(C(=O)CSc2nc(Cc3ccccc3)c(C)[nH]2)CCO1. The second-order valence-electron chi connectivity index (χ2n) is 6.31. The molecule has 1 N–H and O–H groups in total. The molecule has 1 fully saturated rings. The van der Waals surface area contributed by atoms with E-state index in [4.69, 9.17) is 4.74 Å². The molecule has 1 amide bonds. The second-order valence-corrected chi connectivity index (χ2v) is 7.27. The van der Waals surface area contributed by atoms with E-state index in [1.807, 2.05) is 30.0 Å². The summed E-state index contributed by atoms with van der Waals surface area (Å²) in [6.07, 6.45) is 1.92. The van der Waals surface area contributed by atoms with Crippen molar-refractivity contribution in [3.63, 3.8) is 0 Å². The number of nitrogens with one attached hydrogen (secondary N) is 1. The van der Waals surface area contributed by atoms with Gasteiger partial charge >= 0.3 is 0 Å². The van der Waals surface area contributed by atoms with Crippen LogP contribution in [0.15, 0.2) is 35.5 Å². The first-order valence-corrected chi connectivity index (χ1v) is 9.76. The molecule has 1 aliphatic heterocycles. The normalized spacial score (nSPS) is 17.7. The average molecular weight is 359 g/mol. The number of hydrogen-bond donors (Lipinski definition) is 1. The molecule has 0 aliphatic carbocycles. The van der Waals surface area contributed by atoms with Crippen molar-refractivity contribution < 1.29 is 9.53 Å². The van der Waals surface area contributed by atoms with Crippen molar-refractivity contribution in [3.05, 3.63) is 47.3 Å². The van der Waals surface area contributed by atoms with Gasteiger partial charge in [0.1, 0.15) is 0 Å². The van der Waals surface area contributed by atoms with E-state index in [0.29, 0.717) is 25.4 Å². The van der Waals surface area contributed by atoms with Crippen LogP contribution in [0.4, 0.5) is 0 Å². The second kappa shape index (κ2) is 8.54. The summed E-state index contributed by atoms with van der Waals surface area (Å²) in [5, 5.41) is 0.817. The van der Waals surface area contributed by atoms with Crippen LogP contribution in [0.3, 0.4) is 0 Å². The van der Waals surface area contributed by atoms with E-state index in [-0.39, 0.29) is 12.0 Å². The first-order chi connectivity index (χ1) is 12.2. The molecule has 1 aromatic carbocycles. The van der Waals surface area contributed by atoms with Gasteiger partial charge < -0.3 is 14.6 Å². The zero-order chi connectivity index (χ0) is 17.6. The van der Waals surface area contributed by atoms with Crippen molar-refractivity contribution in [2.45, 2.75) is 37.9 Å². The monoisotopic (exact) mass is 359 g/mol. The molecule has 1 saturated heterocycles. The maximum absolute atomic E-state index is 12.4. The van der Waals surface area contributed by atoms with Crippen LogP contribution in [0.5, 0.6) is 0 Å². The van der Waals surface area contributed by atoms with Crippen LogP contribution in [-0.4, -0.2) is 52.3 Å². The lowest BCUT2D eigenvalue weighted by molar-refractivity contribution is -0.135. The minimum atomic E-state index is 0.158. The number of amides is 1. The summed E-state index contributed by atoms with van der Waals surface area (Å²) in [7, 11) is 0. The molecule has 1 aliphatic rings. The van der Waals surface area contributed by atoms with Crippen LogP contribution >= 0.6 is 11.8 Å². The number of aromatic nitrogens is 2. The summed E-state index contributed by atoms with van der Waals surface area (Å²) < 4.78 is 5.63. The van der Waals surface area contributed by atoms with E-state index in [9.17, 15) is 4.79 Å². The smallest absolute Gasteiger partial charge is 0.233 e. The molecule has 0 bridgehead atoms. The number of benzene rings is 1. The number of thioether (sulfide) groups is 1. The van der Waals surface area contributed by atoms with Crippen LogP contribution < -0.4 is 0 Å². The standard InChI is InChI=1S/C19H25N3O2S/c1-3-16-12-22(9-10-24-16)18(23)13-25-19-20-14(2)17(21-19)11-15-7-5-4-6-8-15/h4-8,16H,3,9-13H2,1-2H3,(H,20,21). The number of H-pyrrole nitrogens is 1. The summed E-state index contributed by atoms with van der Waals surface area (Å²) in [4.78, 5) is 22.3. The third-order valence-corrected chi connectivity index (χ3v) is 5.32. The van der Waals surface area contributed by atoms with Gasteiger partial charge in [0.05, 0.1) is 24.2 Å². The summed E-state index contributed by atoms with van der Waals surface area (Å²) in [6.45, 7) is 6.15. The molecule has 1 unspecified atom stereocenters. The summed E-state index contributed by atoms with van der Waals surface area (Å²) in [5.74, 6) is 0.569. The van der Waals surface area contributed by atoms with Gasteiger partial charge in [-0.2, -0.15) is 0 Å². The van der Waals surface area contributed by atoms with Crippen molar-refractivity contribution in [2.75, 3.05) is 25.4 Å². The van der Waals surface area contributed by atoms with Gasteiger partial charge in [-0.15, -0.1) is 0 Å². The lowest BCUT2D eigenvalue weighted by Gasteiger charge is -2.32. The molecule has 6 heteroatoms. The molecule has 2 aromatic rings. The van der Waals surface area contributed by atoms with E-state index in [0.717, 1.165) is 29.4 Å². The number of hydrogen-bond acceptors (Lipinski definition) is 4. The minimum Gasteiger partial charge on any atom is -0.375 e. The van der Waals surface area contributed by atoms with E-state index >= 15 is 0 Å². The fraction of sp³-hybridized carbons (Fsp3) is 0.474. The topological polar surface area (TPSA) is 58.2 Å². The highest BCUT2D eigenvalue weighted by molar-refractivity contribution is 7.99. The van der Waals surface area contributed by atoms with Crippen molar-refractivity contribution in [2.24, 2.45) is 0 Å². The van der Waals surface area contributed by atoms with Crippen LogP contribution in [0.1, 0.15) is 30.3 Å². The molecule has 0 saturated carbocycles. The zero-order valence-electron chi connectivity index (χ0n) is 14.8. The Morgan fingerprint density at radius 2 is 2.20 bits per heavy atom. The number of rotatable bonds is 6. The van der Waals surface area contributed by atoms with Crippen LogP contribution in [-0.2, 0) is 16.0 Å². The van der Waals surface area contributed by atoms with Gasteiger partial charge in [0.25, 0.3) is 0 Å². The highest BCUT2D eigenvalue weighted by Crippen LogP contribution is 2.20. The van der Waals surface area contributed by atoms with Gasteiger partial charge in [0.15, 0.2) is 5.16 Å². The van der Waals surface area contributed by atoms with Gasteiger partial charge in [0.2, 0.25) is 5.91 Å². The number of nitrogens with zero attached hydrogens (tertiary/aromatic N) is 2. The first-order valence-electron chi connectivity index (χ1n) is 8.77. The number of aryl methyl sites for hydroxylation is 1. The summed E-state index contributed by atoms with van der Waals surface area (Å²) in [5.41, 5.74) is 3.35. The Hall–Kier alpha value is -1.79. The first kappa shape index (κ1) is 18.0. The van der Waals surface area contributed by atoms with Crippen molar-refractivity contribution >= 4 is 17.7 Å². The van der Waals surface area contributed by atoms with Crippen molar-refractivity contribution in [1.29, 1.82) is 0 Å². The van der Waals surface area contributed by atoms with Crippen LogP contribution in [0.2, 0.25) is 0 Å². The molecule has 134 valence electrons. The summed E-state index contributed by atoms with van der Waals surface area (Å²) >= 11 is 1.48. The Bertz CT molecular complexity index is 702. The van der Waals surface area contributed by atoms with Crippen molar-refractivity contribution in [1.82, 2.24) is 14.9 Å². The largest absolute Gasteiger partial charge is 0.375 e. The lowest BCUT2D eigenvalue weighted by atomic mass is 10.1. The van der Waals surface area contributed by atoms with Crippen molar-refractivity contribution in [3.8, 4) is 0 Å². The highest BCUT2D eigenvalue weighted by Gasteiger charge is 2.23. The van der Waals surface area contributed by atoms with E-state index in [2.05, 4.69) is 29.0 Å². The number of imidazole rings is 1. The third-order valence-electron chi connectivity index (χ3n) is 4.46. The fourth-order valence-corrected chi connectivity index (χ4v) is 3.75. The Balaban J connectivity index is 1.55. The van der Waals surface area contributed by atoms with Gasteiger partial charge in [-0.05, 0) is 18.9 Å². The molecular weight excluding hydrogens is 334 g/mol. The van der Waals surface area contributed by atoms with Gasteiger partial charge in [-0.3, -0.25) is 4.79 Å². The number of morpholine rings is 1. The zero-order valence-corrected chi connectivity index (χ0v) is 15.6. The molecule has 0 spiro atoms. The Labute approximate surface area is 153 Å². The number of ether oxygens (including phenoxy) is 1. The van der Waals surface area contributed by atoms with Crippen LogP contribution in [0.25, 0.3) is 0 Å². The third kappa shape index (κ3) is 4.86.